The minimum Gasteiger partial charge on any atom is -0.497 e. The summed E-state index contributed by atoms with van der Waals surface area (Å²) in [6.07, 6.45) is 1.28. The first-order valence-electron chi connectivity index (χ1n) is 5.43. The third-order valence-corrected chi connectivity index (χ3v) is 2.68. The van der Waals surface area contributed by atoms with Crippen molar-refractivity contribution in [3.05, 3.63) is 18.2 Å². The highest BCUT2D eigenvalue weighted by atomic mass is 16.5. The first-order valence-corrected chi connectivity index (χ1v) is 5.43. The number of hydrogen-bond acceptors (Lipinski definition) is 4. The molecule has 4 heteroatoms. The lowest BCUT2D eigenvalue weighted by Gasteiger charge is -2.15. The molecule has 16 heavy (non-hydrogen) atoms. The van der Waals surface area contributed by atoms with E-state index in [0.717, 1.165) is 31.0 Å². The predicted molar refractivity (Wildman–Crippen MR) is 61.4 cm³/mol. The number of ether oxygens (including phenoxy) is 3. The van der Waals surface area contributed by atoms with Crippen LogP contribution in [0.3, 0.4) is 0 Å². The quantitative estimate of drug-likeness (QED) is 0.838. The van der Waals surface area contributed by atoms with E-state index in [1.165, 1.54) is 0 Å². The number of benzene rings is 1. The van der Waals surface area contributed by atoms with Gasteiger partial charge in [0, 0.05) is 12.6 Å². The van der Waals surface area contributed by atoms with Crippen molar-refractivity contribution >= 4 is 0 Å². The molecule has 0 bridgehead atoms. The Labute approximate surface area is 95.5 Å². The van der Waals surface area contributed by atoms with Crippen LogP contribution in [-0.2, 0) is 0 Å². The Hall–Kier alpha value is -1.42. The number of rotatable bonds is 4. The molecule has 1 atom stereocenters. The summed E-state index contributed by atoms with van der Waals surface area (Å²) >= 11 is 0. The summed E-state index contributed by atoms with van der Waals surface area (Å²) in [6, 6.07) is 5.59. The maximum atomic E-state index is 5.85. The Morgan fingerprint density at radius 1 is 1.19 bits per heavy atom. The van der Waals surface area contributed by atoms with Gasteiger partial charge in [-0.2, -0.15) is 0 Å². The highest BCUT2D eigenvalue weighted by Crippen LogP contribution is 2.32. The van der Waals surface area contributed by atoms with E-state index in [2.05, 4.69) is 5.32 Å². The molecule has 0 radical (unpaired) electrons. The van der Waals surface area contributed by atoms with Crippen molar-refractivity contribution in [1.29, 1.82) is 0 Å². The predicted octanol–water partition coefficient (Wildman–Crippen LogP) is 1.44. The fourth-order valence-electron chi connectivity index (χ4n) is 1.78. The normalized spacial score (nSPS) is 19.5. The standard InChI is InChI=1S/C12H17NO3/c1-14-9-3-4-11(12(7-9)15-2)16-10-5-6-13-8-10/h3-4,7,10,13H,5-6,8H2,1-2H3. The van der Waals surface area contributed by atoms with Gasteiger partial charge in [0.25, 0.3) is 0 Å². The second-order valence-corrected chi connectivity index (χ2v) is 3.75. The summed E-state index contributed by atoms with van der Waals surface area (Å²) in [4.78, 5) is 0. The first-order chi connectivity index (χ1) is 7.83. The van der Waals surface area contributed by atoms with E-state index < -0.39 is 0 Å². The van der Waals surface area contributed by atoms with Crippen molar-refractivity contribution < 1.29 is 14.2 Å². The minimum atomic E-state index is 0.238. The van der Waals surface area contributed by atoms with E-state index in [4.69, 9.17) is 14.2 Å². The highest BCUT2D eigenvalue weighted by molar-refractivity contribution is 5.45. The van der Waals surface area contributed by atoms with Crippen LogP contribution < -0.4 is 19.5 Å². The monoisotopic (exact) mass is 223 g/mol. The third kappa shape index (κ3) is 2.39. The van der Waals surface area contributed by atoms with Crippen LogP contribution in [0.5, 0.6) is 17.2 Å². The molecule has 88 valence electrons. The molecule has 1 aliphatic rings. The van der Waals surface area contributed by atoms with E-state index >= 15 is 0 Å². The summed E-state index contributed by atoms with van der Waals surface area (Å²) in [7, 11) is 3.27. The zero-order chi connectivity index (χ0) is 11.4. The molecule has 2 rings (SSSR count). The average Bonchev–Trinajstić information content (AvgIpc) is 2.82. The molecule has 1 fully saturated rings. The van der Waals surface area contributed by atoms with Gasteiger partial charge in [-0.3, -0.25) is 0 Å². The first kappa shape index (κ1) is 11.1. The molecule has 0 aliphatic carbocycles. The molecule has 1 aromatic carbocycles. The molecule has 1 N–H and O–H groups in total. The van der Waals surface area contributed by atoms with Gasteiger partial charge in [0.2, 0.25) is 0 Å². The van der Waals surface area contributed by atoms with E-state index in [1.807, 2.05) is 18.2 Å². The third-order valence-electron chi connectivity index (χ3n) is 2.68. The molecule has 1 heterocycles. The van der Waals surface area contributed by atoms with E-state index in [0.29, 0.717) is 5.75 Å². The van der Waals surface area contributed by atoms with Crippen molar-refractivity contribution in [3.8, 4) is 17.2 Å². The van der Waals surface area contributed by atoms with Crippen molar-refractivity contribution in [1.82, 2.24) is 5.32 Å². The molecule has 4 nitrogen and oxygen atoms in total. The van der Waals surface area contributed by atoms with Crippen LogP contribution in [0.4, 0.5) is 0 Å². The van der Waals surface area contributed by atoms with Crippen LogP contribution in [0.15, 0.2) is 18.2 Å². The lowest BCUT2D eigenvalue weighted by molar-refractivity contribution is 0.212. The fraction of sp³-hybridized carbons (Fsp3) is 0.500. The molecule has 1 unspecified atom stereocenters. The van der Waals surface area contributed by atoms with Crippen LogP contribution in [0.25, 0.3) is 0 Å². The summed E-state index contributed by atoms with van der Waals surface area (Å²) in [6.45, 7) is 1.92. The number of methoxy groups -OCH3 is 2. The minimum absolute atomic E-state index is 0.238. The van der Waals surface area contributed by atoms with E-state index in [9.17, 15) is 0 Å². The Balaban J connectivity index is 2.12. The highest BCUT2D eigenvalue weighted by Gasteiger charge is 2.17. The van der Waals surface area contributed by atoms with Crippen LogP contribution in [0.1, 0.15) is 6.42 Å². The van der Waals surface area contributed by atoms with Crippen molar-refractivity contribution in [2.75, 3.05) is 27.3 Å². The van der Waals surface area contributed by atoms with Crippen molar-refractivity contribution in [2.45, 2.75) is 12.5 Å². The smallest absolute Gasteiger partial charge is 0.164 e. The van der Waals surface area contributed by atoms with Crippen molar-refractivity contribution in [2.24, 2.45) is 0 Å². The lowest BCUT2D eigenvalue weighted by Crippen LogP contribution is -2.19. The van der Waals surface area contributed by atoms with Crippen LogP contribution in [0, 0.1) is 0 Å². The maximum Gasteiger partial charge on any atom is 0.164 e. The Bertz CT molecular complexity index is 348. The average molecular weight is 223 g/mol. The van der Waals surface area contributed by atoms with Gasteiger partial charge in [-0.15, -0.1) is 0 Å². The molecule has 0 saturated carbocycles. The van der Waals surface area contributed by atoms with E-state index in [1.54, 1.807) is 14.2 Å². The second-order valence-electron chi connectivity index (χ2n) is 3.75. The molecule has 0 amide bonds. The number of hydrogen-bond donors (Lipinski definition) is 1. The van der Waals surface area contributed by atoms with Gasteiger partial charge in [-0.1, -0.05) is 0 Å². The zero-order valence-electron chi connectivity index (χ0n) is 9.66. The largest absolute Gasteiger partial charge is 0.497 e. The van der Waals surface area contributed by atoms with Gasteiger partial charge in [0.1, 0.15) is 11.9 Å². The van der Waals surface area contributed by atoms with Gasteiger partial charge in [0.05, 0.1) is 14.2 Å². The van der Waals surface area contributed by atoms with Gasteiger partial charge in [0.15, 0.2) is 11.5 Å². The Morgan fingerprint density at radius 3 is 2.69 bits per heavy atom. The van der Waals surface area contributed by atoms with Gasteiger partial charge < -0.3 is 19.5 Å². The lowest BCUT2D eigenvalue weighted by atomic mass is 10.2. The van der Waals surface area contributed by atoms with Crippen LogP contribution in [0.2, 0.25) is 0 Å². The summed E-state index contributed by atoms with van der Waals surface area (Å²) < 4.78 is 16.3. The summed E-state index contributed by atoms with van der Waals surface area (Å²) in [5.41, 5.74) is 0. The van der Waals surface area contributed by atoms with Gasteiger partial charge >= 0.3 is 0 Å². The second kappa shape index (κ2) is 5.07. The molecule has 0 spiro atoms. The fourth-order valence-corrected chi connectivity index (χ4v) is 1.78. The number of nitrogens with one attached hydrogen (secondary N) is 1. The molecular formula is C12H17NO3. The Kier molecular flexibility index (Phi) is 3.51. The molecule has 1 saturated heterocycles. The summed E-state index contributed by atoms with van der Waals surface area (Å²) in [5.74, 6) is 2.26. The summed E-state index contributed by atoms with van der Waals surface area (Å²) in [5, 5.41) is 3.26. The van der Waals surface area contributed by atoms with Crippen LogP contribution >= 0.6 is 0 Å². The van der Waals surface area contributed by atoms with E-state index in [-0.39, 0.29) is 6.10 Å². The zero-order valence-corrected chi connectivity index (χ0v) is 9.66. The van der Waals surface area contributed by atoms with Gasteiger partial charge in [-0.05, 0) is 25.1 Å². The molecule has 1 aliphatic heterocycles. The molecular weight excluding hydrogens is 206 g/mol. The van der Waals surface area contributed by atoms with Crippen LogP contribution in [-0.4, -0.2) is 33.4 Å². The van der Waals surface area contributed by atoms with Crippen molar-refractivity contribution in [3.63, 3.8) is 0 Å². The molecule has 1 aromatic rings. The topological polar surface area (TPSA) is 39.7 Å². The van der Waals surface area contributed by atoms with Gasteiger partial charge in [-0.25, -0.2) is 0 Å². The Morgan fingerprint density at radius 2 is 2.06 bits per heavy atom. The molecule has 0 aromatic heterocycles. The SMILES string of the molecule is COc1ccc(OC2CCNC2)c(OC)c1. The maximum absolute atomic E-state index is 5.85.